The third-order valence-electron chi connectivity index (χ3n) is 2.34. The van der Waals surface area contributed by atoms with Crippen molar-refractivity contribution >= 4 is 27.3 Å². The lowest BCUT2D eigenvalue weighted by Crippen LogP contribution is -1.89. The number of rotatable bonds is 2. The lowest BCUT2D eigenvalue weighted by molar-refractivity contribution is -0.435. The molecule has 0 spiro atoms. The molecule has 0 bridgehead atoms. The molecule has 0 atom stereocenters. The Kier molecular flexibility index (Phi) is 3.54. The molecule has 0 aliphatic carbocycles. The van der Waals surface area contributed by atoms with Crippen molar-refractivity contribution in [2.45, 2.75) is 6.92 Å². The van der Waals surface area contributed by atoms with E-state index in [0.29, 0.717) is 16.2 Å². The fourth-order valence-electron chi connectivity index (χ4n) is 1.36. The molecule has 2 aromatic carbocycles. The van der Waals surface area contributed by atoms with Crippen molar-refractivity contribution in [3.63, 3.8) is 0 Å². The van der Waals surface area contributed by atoms with E-state index < -0.39 is 0 Å². The van der Waals surface area contributed by atoms with Crippen molar-refractivity contribution in [2.24, 2.45) is 5.11 Å². The van der Waals surface area contributed by atoms with Crippen LogP contribution < -0.4 is 0 Å². The number of aryl methyl sites for hydroxylation is 1. The van der Waals surface area contributed by atoms with Crippen molar-refractivity contribution < 1.29 is 4.86 Å². The molecule has 0 fully saturated rings. The Balaban J connectivity index is 2.33. The maximum Gasteiger partial charge on any atom is 0.244 e. The highest BCUT2D eigenvalue weighted by Gasteiger charge is 2.03. The topological polar surface area (TPSA) is 38.4 Å². The Morgan fingerprint density at radius 2 is 1.82 bits per heavy atom. The summed E-state index contributed by atoms with van der Waals surface area (Å²) in [6.45, 7) is 1.99. The largest absolute Gasteiger partial charge is 0.594 e. The quantitative estimate of drug-likeness (QED) is 0.449. The standard InChI is InChI=1S/C13H11BrN2O/c1-10-7-8-11(9-13(10)14)15-16(17)12-5-3-2-4-6-12/h2-9H,1H3. The molecular weight excluding hydrogens is 280 g/mol. The summed E-state index contributed by atoms with van der Waals surface area (Å²) in [4.78, 5) is 0.622. The van der Waals surface area contributed by atoms with E-state index in [1.807, 2.05) is 31.2 Å². The molecule has 0 aliphatic rings. The summed E-state index contributed by atoms with van der Waals surface area (Å²) in [7, 11) is 0. The van der Waals surface area contributed by atoms with Crippen LogP contribution in [0.5, 0.6) is 0 Å². The van der Waals surface area contributed by atoms with Crippen LogP contribution in [0.1, 0.15) is 5.56 Å². The lowest BCUT2D eigenvalue weighted by Gasteiger charge is -2.00. The highest BCUT2D eigenvalue weighted by Crippen LogP contribution is 2.24. The van der Waals surface area contributed by atoms with Gasteiger partial charge in [-0.2, -0.15) is 0 Å². The van der Waals surface area contributed by atoms with Crippen LogP contribution in [-0.4, -0.2) is 4.86 Å². The number of para-hydroxylation sites is 1. The van der Waals surface area contributed by atoms with Gasteiger partial charge in [0.15, 0.2) is 0 Å². The molecule has 0 aliphatic heterocycles. The van der Waals surface area contributed by atoms with Crippen molar-refractivity contribution in [1.29, 1.82) is 0 Å². The zero-order valence-corrected chi connectivity index (χ0v) is 10.9. The predicted octanol–water partition coefficient (Wildman–Crippen LogP) is 4.68. The van der Waals surface area contributed by atoms with Crippen LogP contribution in [0.3, 0.4) is 0 Å². The minimum Gasteiger partial charge on any atom is -0.594 e. The fraction of sp³-hybridized carbons (Fsp3) is 0.0769. The average Bonchev–Trinajstić information content (AvgIpc) is 2.35. The first kappa shape index (κ1) is 11.8. The molecule has 2 aromatic rings. The van der Waals surface area contributed by atoms with Crippen molar-refractivity contribution in [2.75, 3.05) is 0 Å². The summed E-state index contributed by atoms with van der Waals surface area (Å²) < 4.78 is 0.945. The van der Waals surface area contributed by atoms with Crippen LogP contribution in [-0.2, 0) is 0 Å². The third-order valence-corrected chi connectivity index (χ3v) is 3.19. The van der Waals surface area contributed by atoms with E-state index in [1.165, 1.54) is 0 Å². The molecule has 0 aromatic heterocycles. The minimum absolute atomic E-state index is 0.518. The van der Waals surface area contributed by atoms with Crippen molar-refractivity contribution in [3.8, 4) is 0 Å². The molecule has 0 radical (unpaired) electrons. The summed E-state index contributed by atoms with van der Waals surface area (Å²) >= 11 is 3.41. The zero-order valence-electron chi connectivity index (χ0n) is 9.30. The Labute approximate surface area is 108 Å². The Bertz CT molecular complexity index is 553. The highest BCUT2D eigenvalue weighted by atomic mass is 79.9. The number of halogens is 1. The Morgan fingerprint density at radius 1 is 1.12 bits per heavy atom. The van der Waals surface area contributed by atoms with Crippen LogP contribution in [0, 0.1) is 12.1 Å². The Hall–Kier alpha value is -1.68. The van der Waals surface area contributed by atoms with Gasteiger partial charge in [-0.25, -0.2) is 0 Å². The summed E-state index contributed by atoms with van der Waals surface area (Å²) in [5.74, 6) is 0. The molecule has 4 heteroatoms. The summed E-state index contributed by atoms with van der Waals surface area (Å²) in [5, 5.41) is 15.7. The smallest absolute Gasteiger partial charge is 0.244 e. The Morgan fingerprint density at radius 3 is 2.47 bits per heavy atom. The molecule has 0 saturated heterocycles. The monoisotopic (exact) mass is 290 g/mol. The van der Waals surface area contributed by atoms with Crippen LogP contribution in [0.4, 0.5) is 11.4 Å². The number of azo groups is 1. The van der Waals surface area contributed by atoms with Crippen LogP contribution >= 0.6 is 15.9 Å². The van der Waals surface area contributed by atoms with E-state index in [1.54, 1.807) is 24.3 Å². The van der Waals surface area contributed by atoms with Gasteiger partial charge >= 0.3 is 0 Å². The maximum atomic E-state index is 11.7. The second kappa shape index (κ2) is 5.10. The van der Waals surface area contributed by atoms with Gasteiger partial charge in [-0.15, -0.1) is 0 Å². The zero-order chi connectivity index (χ0) is 12.3. The molecule has 0 unspecified atom stereocenters. The van der Waals surface area contributed by atoms with E-state index in [-0.39, 0.29) is 0 Å². The maximum absolute atomic E-state index is 11.7. The van der Waals surface area contributed by atoms with Crippen LogP contribution in [0.25, 0.3) is 0 Å². The summed E-state index contributed by atoms with van der Waals surface area (Å²) in [6, 6.07) is 14.5. The van der Waals surface area contributed by atoms with Crippen LogP contribution in [0.2, 0.25) is 0 Å². The minimum atomic E-state index is 0.518. The number of hydrogen-bond acceptors (Lipinski definition) is 2. The van der Waals surface area contributed by atoms with E-state index in [9.17, 15) is 5.21 Å². The summed E-state index contributed by atoms with van der Waals surface area (Å²) in [6.07, 6.45) is 0. The molecule has 3 nitrogen and oxygen atoms in total. The van der Waals surface area contributed by atoms with Gasteiger partial charge in [-0.3, -0.25) is 0 Å². The molecular formula is C13H11BrN2O. The van der Waals surface area contributed by atoms with E-state index in [4.69, 9.17) is 0 Å². The molecule has 0 amide bonds. The molecule has 0 N–H and O–H groups in total. The highest BCUT2D eigenvalue weighted by molar-refractivity contribution is 9.10. The fourth-order valence-corrected chi connectivity index (χ4v) is 1.73. The first-order valence-corrected chi connectivity index (χ1v) is 5.96. The summed E-state index contributed by atoms with van der Waals surface area (Å²) in [5.41, 5.74) is 2.26. The number of nitrogens with zero attached hydrogens (tertiary/aromatic N) is 2. The van der Waals surface area contributed by atoms with Gasteiger partial charge in [-0.05, 0) is 24.6 Å². The van der Waals surface area contributed by atoms with Crippen molar-refractivity contribution in [3.05, 3.63) is 63.8 Å². The van der Waals surface area contributed by atoms with Crippen molar-refractivity contribution in [1.82, 2.24) is 0 Å². The lowest BCUT2D eigenvalue weighted by atomic mass is 10.2. The van der Waals surface area contributed by atoms with Gasteiger partial charge in [0.25, 0.3) is 0 Å². The van der Waals surface area contributed by atoms with Gasteiger partial charge in [0, 0.05) is 21.7 Å². The van der Waals surface area contributed by atoms with Gasteiger partial charge in [0.2, 0.25) is 5.69 Å². The third kappa shape index (κ3) is 2.91. The number of hydrogen-bond donors (Lipinski definition) is 0. The second-order valence-electron chi connectivity index (χ2n) is 3.64. The molecule has 0 saturated carbocycles. The van der Waals surface area contributed by atoms with E-state index in [0.717, 1.165) is 10.0 Å². The SMILES string of the molecule is Cc1ccc(N=[N+]([O-])c2ccccc2)cc1Br. The second-order valence-corrected chi connectivity index (χ2v) is 4.50. The van der Waals surface area contributed by atoms with Gasteiger partial charge in [-0.1, -0.05) is 45.1 Å². The first-order chi connectivity index (χ1) is 8.16. The van der Waals surface area contributed by atoms with E-state index >= 15 is 0 Å². The normalized spacial score (nSPS) is 11.5. The van der Waals surface area contributed by atoms with Gasteiger partial charge < -0.3 is 5.21 Å². The van der Waals surface area contributed by atoms with Gasteiger partial charge in [0.1, 0.15) is 5.69 Å². The van der Waals surface area contributed by atoms with Crippen LogP contribution in [0.15, 0.2) is 58.1 Å². The average molecular weight is 291 g/mol. The van der Waals surface area contributed by atoms with Gasteiger partial charge in [0.05, 0.1) is 0 Å². The van der Waals surface area contributed by atoms with E-state index in [2.05, 4.69) is 21.0 Å². The first-order valence-electron chi connectivity index (χ1n) is 5.17. The molecule has 17 heavy (non-hydrogen) atoms. The number of benzene rings is 2. The molecule has 2 rings (SSSR count). The predicted molar refractivity (Wildman–Crippen MR) is 70.7 cm³/mol. The molecule has 86 valence electrons. The molecule has 0 heterocycles.